The summed E-state index contributed by atoms with van der Waals surface area (Å²) in [5, 5.41) is 5.79. The molecule has 31 heavy (non-hydrogen) atoms. The largest absolute Gasteiger partial charge is 0.487 e. The zero-order valence-corrected chi connectivity index (χ0v) is 18.9. The van der Waals surface area contributed by atoms with Crippen LogP contribution in [0.15, 0.2) is 47.8 Å². The fraction of sp³-hybridized carbons (Fsp3) is 0.292. The van der Waals surface area contributed by atoms with Crippen molar-refractivity contribution in [1.29, 1.82) is 0 Å². The minimum atomic E-state index is -0.560. The first-order valence-electron chi connectivity index (χ1n) is 9.99. The molecule has 6 nitrogen and oxygen atoms in total. The summed E-state index contributed by atoms with van der Waals surface area (Å²) in [4.78, 5) is 28.7. The fourth-order valence-electron chi connectivity index (χ4n) is 2.93. The summed E-state index contributed by atoms with van der Waals surface area (Å²) < 4.78 is 10.8. The number of thiazole rings is 1. The second-order valence-corrected chi connectivity index (χ2v) is 8.44. The number of aromatic nitrogens is 1. The molecule has 0 aliphatic carbocycles. The van der Waals surface area contributed by atoms with Crippen LogP contribution in [0, 0.1) is 20.8 Å². The SMILES string of the molecule is Cc1nc(COc2ccc(C(=O)OCC(=O)NC(C)c3ccc(C)c(C)c3)cc2)cs1. The molecule has 0 aliphatic heterocycles. The van der Waals surface area contributed by atoms with Gasteiger partial charge in [0.1, 0.15) is 12.4 Å². The maximum absolute atomic E-state index is 12.2. The van der Waals surface area contributed by atoms with Crippen molar-refractivity contribution in [2.75, 3.05) is 6.61 Å². The predicted molar refractivity (Wildman–Crippen MR) is 120 cm³/mol. The van der Waals surface area contributed by atoms with Gasteiger partial charge in [0.05, 0.1) is 22.3 Å². The van der Waals surface area contributed by atoms with Crippen LogP contribution in [0.3, 0.4) is 0 Å². The Hall–Kier alpha value is -3.19. The van der Waals surface area contributed by atoms with Crippen LogP contribution in [0.25, 0.3) is 0 Å². The van der Waals surface area contributed by atoms with Gasteiger partial charge in [-0.25, -0.2) is 9.78 Å². The van der Waals surface area contributed by atoms with E-state index in [4.69, 9.17) is 9.47 Å². The smallest absolute Gasteiger partial charge is 0.338 e. The van der Waals surface area contributed by atoms with Gasteiger partial charge in [0.15, 0.2) is 6.61 Å². The number of esters is 1. The van der Waals surface area contributed by atoms with Crippen molar-refractivity contribution in [3.05, 3.63) is 80.8 Å². The summed E-state index contributed by atoms with van der Waals surface area (Å²) in [5.41, 5.74) is 4.59. The Kier molecular flexibility index (Phi) is 7.41. The maximum atomic E-state index is 12.2. The number of amides is 1. The maximum Gasteiger partial charge on any atom is 0.338 e. The number of aryl methyl sites for hydroxylation is 3. The summed E-state index contributed by atoms with van der Waals surface area (Å²) in [5.74, 6) is -0.282. The highest BCUT2D eigenvalue weighted by molar-refractivity contribution is 7.09. The van der Waals surface area contributed by atoms with E-state index in [1.165, 1.54) is 11.1 Å². The van der Waals surface area contributed by atoms with Crippen LogP contribution in [0.1, 0.15) is 50.7 Å². The number of nitrogens with one attached hydrogen (secondary N) is 1. The first-order valence-corrected chi connectivity index (χ1v) is 10.9. The van der Waals surface area contributed by atoms with E-state index in [-0.39, 0.29) is 18.6 Å². The number of carbonyl (C=O) groups is 2. The topological polar surface area (TPSA) is 77.5 Å². The molecule has 0 saturated carbocycles. The molecular formula is C24H26N2O4S. The molecule has 1 N–H and O–H groups in total. The summed E-state index contributed by atoms with van der Waals surface area (Å²) in [6.45, 7) is 7.95. The molecule has 3 rings (SSSR count). The first kappa shape index (κ1) is 22.5. The lowest BCUT2D eigenvalue weighted by Gasteiger charge is -2.16. The summed E-state index contributed by atoms with van der Waals surface area (Å²) in [6.07, 6.45) is 0. The van der Waals surface area contributed by atoms with Gasteiger partial charge in [0.2, 0.25) is 0 Å². The number of rotatable bonds is 8. The van der Waals surface area contributed by atoms with Crippen LogP contribution >= 0.6 is 11.3 Å². The third kappa shape index (κ3) is 6.39. The van der Waals surface area contributed by atoms with E-state index < -0.39 is 5.97 Å². The van der Waals surface area contributed by atoms with Gasteiger partial charge in [-0.3, -0.25) is 4.79 Å². The van der Waals surface area contributed by atoms with Gasteiger partial charge in [-0.05, 0) is 68.7 Å². The molecule has 0 fully saturated rings. The standard InChI is InChI=1S/C24H26N2O4S/c1-15-5-6-20(11-16(15)2)17(3)25-23(27)13-30-24(28)19-7-9-22(10-8-19)29-12-21-14-31-18(4)26-21/h5-11,14,17H,12-13H2,1-4H3,(H,25,27). The van der Waals surface area contributed by atoms with Gasteiger partial charge in [-0.1, -0.05) is 18.2 Å². The molecule has 0 bridgehead atoms. The highest BCUT2D eigenvalue weighted by Gasteiger charge is 2.14. The minimum absolute atomic E-state index is 0.177. The molecule has 3 aromatic rings. The lowest BCUT2D eigenvalue weighted by Crippen LogP contribution is -2.31. The van der Waals surface area contributed by atoms with Crippen molar-refractivity contribution < 1.29 is 19.1 Å². The average Bonchev–Trinajstić information content (AvgIpc) is 3.18. The minimum Gasteiger partial charge on any atom is -0.487 e. The van der Waals surface area contributed by atoms with Crippen LogP contribution in [0.5, 0.6) is 5.75 Å². The van der Waals surface area contributed by atoms with E-state index in [0.29, 0.717) is 17.9 Å². The molecule has 0 aliphatic rings. The lowest BCUT2D eigenvalue weighted by atomic mass is 10.0. The van der Waals surface area contributed by atoms with E-state index in [1.807, 2.05) is 51.3 Å². The highest BCUT2D eigenvalue weighted by atomic mass is 32.1. The molecule has 0 radical (unpaired) electrons. The highest BCUT2D eigenvalue weighted by Crippen LogP contribution is 2.18. The van der Waals surface area contributed by atoms with E-state index >= 15 is 0 Å². The molecule has 1 heterocycles. The Bertz CT molecular complexity index is 1060. The van der Waals surface area contributed by atoms with Crippen LogP contribution in [0.2, 0.25) is 0 Å². The molecule has 7 heteroatoms. The Labute approximate surface area is 186 Å². The lowest BCUT2D eigenvalue weighted by molar-refractivity contribution is -0.124. The zero-order chi connectivity index (χ0) is 22.4. The monoisotopic (exact) mass is 438 g/mol. The Balaban J connectivity index is 1.46. The van der Waals surface area contributed by atoms with Gasteiger partial charge in [0.25, 0.3) is 5.91 Å². The molecule has 1 amide bonds. The van der Waals surface area contributed by atoms with Crippen molar-refractivity contribution in [2.24, 2.45) is 0 Å². The van der Waals surface area contributed by atoms with Gasteiger partial charge < -0.3 is 14.8 Å². The molecule has 162 valence electrons. The van der Waals surface area contributed by atoms with Crippen molar-refractivity contribution >= 4 is 23.2 Å². The summed E-state index contributed by atoms with van der Waals surface area (Å²) in [7, 11) is 0. The molecule has 0 saturated heterocycles. The van der Waals surface area contributed by atoms with Crippen LogP contribution in [-0.4, -0.2) is 23.5 Å². The number of hydrogen-bond acceptors (Lipinski definition) is 6. The van der Waals surface area contributed by atoms with Crippen molar-refractivity contribution in [2.45, 2.75) is 40.3 Å². The first-order chi connectivity index (χ1) is 14.8. The van der Waals surface area contributed by atoms with Gasteiger partial charge >= 0.3 is 5.97 Å². The number of ether oxygens (including phenoxy) is 2. The fourth-order valence-corrected chi connectivity index (χ4v) is 3.53. The molecule has 1 unspecified atom stereocenters. The van der Waals surface area contributed by atoms with E-state index in [0.717, 1.165) is 16.3 Å². The van der Waals surface area contributed by atoms with Crippen LogP contribution in [-0.2, 0) is 16.1 Å². The van der Waals surface area contributed by atoms with Crippen molar-refractivity contribution in [1.82, 2.24) is 10.3 Å². The van der Waals surface area contributed by atoms with Gasteiger partial charge in [-0.2, -0.15) is 0 Å². The third-order valence-corrected chi connectivity index (χ3v) is 5.71. The Morgan fingerprint density at radius 1 is 1.06 bits per heavy atom. The van der Waals surface area contributed by atoms with Gasteiger partial charge in [0, 0.05) is 5.38 Å². The Morgan fingerprint density at radius 2 is 1.81 bits per heavy atom. The van der Waals surface area contributed by atoms with Crippen molar-refractivity contribution in [3.63, 3.8) is 0 Å². The van der Waals surface area contributed by atoms with Crippen LogP contribution < -0.4 is 10.1 Å². The molecular weight excluding hydrogens is 412 g/mol. The number of carbonyl (C=O) groups excluding carboxylic acids is 2. The number of hydrogen-bond donors (Lipinski definition) is 1. The second kappa shape index (κ2) is 10.2. The van der Waals surface area contributed by atoms with E-state index in [9.17, 15) is 9.59 Å². The normalized spacial score (nSPS) is 11.6. The van der Waals surface area contributed by atoms with E-state index in [2.05, 4.69) is 10.3 Å². The third-order valence-electron chi connectivity index (χ3n) is 4.89. The zero-order valence-electron chi connectivity index (χ0n) is 18.1. The molecule has 1 aromatic heterocycles. The van der Waals surface area contributed by atoms with Crippen LogP contribution in [0.4, 0.5) is 0 Å². The van der Waals surface area contributed by atoms with E-state index in [1.54, 1.807) is 35.6 Å². The predicted octanol–water partition coefficient (Wildman–Crippen LogP) is 4.68. The summed E-state index contributed by atoms with van der Waals surface area (Å²) >= 11 is 1.57. The summed E-state index contributed by atoms with van der Waals surface area (Å²) in [6, 6.07) is 12.5. The number of benzene rings is 2. The second-order valence-electron chi connectivity index (χ2n) is 7.38. The quantitative estimate of drug-likeness (QED) is 0.517. The van der Waals surface area contributed by atoms with Crippen molar-refractivity contribution in [3.8, 4) is 5.75 Å². The van der Waals surface area contributed by atoms with Gasteiger partial charge in [-0.15, -0.1) is 11.3 Å². The molecule has 1 atom stereocenters. The number of nitrogens with zero attached hydrogens (tertiary/aromatic N) is 1. The molecule has 0 spiro atoms. The Morgan fingerprint density at radius 3 is 2.45 bits per heavy atom. The molecule has 2 aromatic carbocycles. The average molecular weight is 439 g/mol.